The first-order valence-corrected chi connectivity index (χ1v) is 6.42. The van der Waals surface area contributed by atoms with E-state index in [1.165, 1.54) is 12.1 Å². The van der Waals surface area contributed by atoms with Crippen molar-refractivity contribution in [3.63, 3.8) is 0 Å². The van der Waals surface area contributed by atoms with E-state index in [9.17, 15) is 19.7 Å². The minimum Gasteiger partial charge on any atom is -0.480 e. The van der Waals surface area contributed by atoms with Gasteiger partial charge in [-0.2, -0.15) is 0 Å². The van der Waals surface area contributed by atoms with Crippen LogP contribution in [0.3, 0.4) is 0 Å². The van der Waals surface area contributed by atoms with E-state index in [1.54, 1.807) is 6.92 Å². The Morgan fingerprint density at radius 3 is 2.63 bits per heavy atom. The maximum Gasteiger partial charge on any atom is 0.326 e. The van der Waals surface area contributed by atoms with Crippen LogP contribution >= 0.6 is 22.6 Å². The van der Waals surface area contributed by atoms with Crippen LogP contribution in [0.1, 0.15) is 23.7 Å². The van der Waals surface area contributed by atoms with Crippen molar-refractivity contribution in [2.45, 2.75) is 19.4 Å². The van der Waals surface area contributed by atoms with Crippen LogP contribution in [0.15, 0.2) is 18.2 Å². The maximum absolute atomic E-state index is 11.9. The highest BCUT2D eigenvalue weighted by atomic mass is 127. The summed E-state index contributed by atoms with van der Waals surface area (Å²) in [6.07, 6.45) is 0.229. The van der Waals surface area contributed by atoms with Gasteiger partial charge in [0.25, 0.3) is 11.6 Å². The second kappa shape index (κ2) is 6.45. The number of amides is 1. The molecule has 1 amide bonds. The molecule has 0 aliphatic carbocycles. The lowest BCUT2D eigenvalue weighted by Gasteiger charge is -2.12. The molecule has 0 heterocycles. The Bertz CT molecular complexity index is 532. The SMILES string of the molecule is CC[C@H](NC(=O)c1cc([N+](=O)[O-])ccc1I)C(=O)O. The number of non-ortho nitro benzene ring substituents is 1. The van der Waals surface area contributed by atoms with Crippen molar-refractivity contribution in [3.05, 3.63) is 37.4 Å². The molecule has 0 bridgehead atoms. The summed E-state index contributed by atoms with van der Waals surface area (Å²) >= 11 is 1.86. The van der Waals surface area contributed by atoms with Gasteiger partial charge >= 0.3 is 5.97 Å². The number of nitrogens with one attached hydrogen (secondary N) is 1. The summed E-state index contributed by atoms with van der Waals surface area (Å²) < 4.78 is 0.515. The summed E-state index contributed by atoms with van der Waals surface area (Å²) in [6.45, 7) is 1.62. The molecule has 8 heteroatoms. The molecule has 0 spiro atoms. The fourth-order valence-electron chi connectivity index (χ4n) is 1.38. The summed E-state index contributed by atoms with van der Waals surface area (Å²) in [5.41, 5.74) is -0.122. The van der Waals surface area contributed by atoms with Crippen LogP contribution < -0.4 is 5.32 Å². The summed E-state index contributed by atoms with van der Waals surface area (Å²) in [4.78, 5) is 32.8. The third-order valence-corrected chi connectivity index (χ3v) is 3.36. The number of hydrogen-bond donors (Lipinski definition) is 2. The normalized spacial score (nSPS) is 11.7. The number of hydrogen-bond acceptors (Lipinski definition) is 4. The van der Waals surface area contributed by atoms with Gasteiger partial charge < -0.3 is 10.4 Å². The van der Waals surface area contributed by atoms with E-state index >= 15 is 0 Å². The quantitative estimate of drug-likeness (QED) is 0.461. The first kappa shape index (κ1) is 15.3. The lowest BCUT2D eigenvalue weighted by molar-refractivity contribution is -0.384. The first-order chi connectivity index (χ1) is 8.86. The zero-order valence-electron chi connectivity index (χ0n) is 9.92. The van der Waals surface area contributed by atoms with Gasteiger partial charge in [-0.05, 0) is 35.1 Å². The van der Waals surface area contributed by atoms with Gasteiger partial charge in [0.15, 0.2) is 0 Å². The Morgan fingerprint density at radius 2 is 2.16 bits per heavy atom. The summed E-state index contributed by atoms with van der Waals surface area (Å²) in [7, 11) is 0. The van der Waals surface area contributed by atoms with Gasteiger partial charge in [0, 0.05) is 15.7 Å². The van der Waals surface area contributed by atoms with Crippen LogP contribution in [0.2, 0.25) is 0 Å². The Morgan fingerprint density at radius 1 is 1.53 bits per heavy atom. The molecule has 1 rings (SSSR count). The molecule has 0 radical (unpaired) electrons. The predicted molar refractivity (Wildman–Crippen MR) is 75.0 cm³/mol. The minimum absolute atomic E-state index is 0.0921. The van der Waals surface area contributed by atoms with Crippen LogP contribution in [0.5, 0.6) is 0 Å². The van der Waals surface area contributed by atoms with Gasteiger partial charge in [0.1, 0.15) is 6.04 Å². The second-order valence-electron chi connectivity index (χ2n) is 3.69. The summed E-state index contributed by atoms with van der Waals surface area (Å²) in [5, 5.41) is 21.8. The number of nitrogens with zero attached hydrogens (tertiary/aromatic N) is 1. The number of carboxylic acids is 1. The highest BCUT2D eigenvalue weighted by Gasteiger charge is 2.21. The van der Waals surface area contributed by atoms with Crippen molar-refractivity contribution in [3.8, 4) is 0 Å². The van der Waals surface area contributed by atoms with Crippen molar-refractivity contribution in [1.29, 1.82) is 0 Å². The largest absolute Gasteiger partial charge is 0.480 e. The number of carboxylic acid groups (broad SMARTS) is 1. The predicted octanol–water partition coefficient (Wildman–Crippen LogP) is 1.79. The molecule has 0 unspecified atom stereocenters. The van der Waals surface area contributed by atoms with Crippen LogP contribution in [0.25, 0.3) is 0 Å². The average molecular weight is 378 g/mol. The van der Waals surface area contributed by atoms with Gasteiger partial charge in [-0.3, -0.25) is 14.9 Å². The fraction of sp³-hybridized carbons (Fsp3) is 0.273. The molecular weight excluding hydrogens is 367 g/mol. The highest BCUT2D eigenvalue weighted by molar-refractivity contribution is 14.1. The first-order valence-electron chi connectivity index (χ1n) is 5.34. The molecule has 1 atom stereocenters. The fourth-order valence-corrected chi connectivity index (χ4v) is 1.96. The van der Waals surface area contributed by atoms with Crippen molar-refractivity contribution in [2.75, 3.05) is 0 Å². The number of aliphatic carboxylic acids is 1. The molecular formula is C11H11IN2O5. The number of carbonyl (C=O) groups excluding carboxylic acids is 1. The number of nitro groups is 1. The van der Waals surface area contributed by atoms with Gasteiger partial charge in [0.05, 0.1) is 10.5 Å². The molecule has 0 saturated heterocycles. The molecule has 1 aromatic carbocycles. The topological polar surface area (TPSA) is 110 Å². The standard InChI is InChI=1S/C11H11IN2O5/c1-2-9(11(16)17)13-10(15)7-5-6(14(18)19)3-4-8(7)12/h3-5,9H,2H2,1H3,(H,13,15)(H,16,17)/t9-/m0/s1. The van der Waals surface area contributed by atoms with Crippen LogP contribution in [0, 0.1) is 13.7 Å². The highest BCUT2D eigenvalue weighted by Crippen LogP contribution is 2.19. The molecule has 0 saturated carbocycles. The molecule has 7 nitrogen and oxygen atoms in total. The van der Waals surface area contributed by atoms with E-state index in [0.717, 1.165) is 6.07 Å². The van der Waals surface area contributed by atoms with Crippen molar-refractivity contribution in [2.24, 2.45) is 0 Å². The van der Waals surface area contributed by atoms with Crippen molar-refractivity contribution >= 4 is 40.2 Å². The number of nitro benzene ring substituents is 1. The molecule has 0 aromatic heterocycles. The van der Waals surface area contributed by atoms with Crippen LogP contribution in [-0.2, 0) is 4.79 Å². The van der Waals surface area contributed by atoms with E-state index in [4.69, 9.17) is 5.11 Å². The molecule has 0 fully saturated rings. The monoisotopic (exact) mass is 378 g/mol. The van der Waals surface area contributed by atoms with E-state index in [-0.39, 0.29) is 17.7 Å². The van der Waals surface area contributed by atoms with E-state index in [0.29, 0.717) is 3.57 Å². The molecule has 1 aromatic rings. The van der Waals surface area contributed by atoms with E-state index in [1.807, 2.05) is 22.6 Å². The lowest BCUT2D eigenvalue weighted by atomic mass is 10.1. The molecule has 19 heavy (non-hydrogen) atoms. The van der Waals surface area contributed by atoms with Gasteiger partial charge in [0.2, 0.25) is 0 Å². The van der Waals surface area contributed by atoms with Crippen molar-refractivity contribution < 1.29 is 19.6 Å². The Labute approximate surface area is 122 Å². The smallest absolute Gasteiger partial charge is 0.326 e. The lowest BCUT2D eigenvalue weighted by Crippen LogP contribution is -2.40. The third kappa shape index (κ3) is 3.88. The number of carbonyl (C=O) groups is 2. The van der Waals surface area contributed by atoms with Gasteiger partial charge in [-0.15, -0.1) is 0 Å². The molecule has 2 N–H and O–H groups in total. The number of benzene rings is 1. The zero-order chi connectivity index (χ0) is 14.6. The minimum atomic E-state index is -1.14. The van der Waals surface area contributed by atoms with E-state index < -0.39 is 22.8 Å². The van der Waals surface area contributed by atoms with Crippen LogP contribution in [0.4, 0.5) is 5.69 Å². The van der Waals surface area contributed by atoms with Crippen molar-refractivity contribution in [1.82, 2.24) is 5.32 Å². The van der Waals surface area contributed by atoms with Gasteiger partial charge in [-0.25, -0.2) is 4.79 Å². The van der Waals surface area contributed by atoms with Crippen LogP contribution in [-0.4, -0.2) is 27.9 Å². The molecule has 0 aliphatic heterocycles. The Hall–Kier alpha value is -1.71. The molecule has 0 aliphatic rings. The average Bonchev–Trinajstić information content (AvgIpc) is 2.35. The maximum atomic E-state index is 11.9. The Balaban J connectivity index is 3.02. The summed E-state index contributed by atoms with van der Waals surface area (Å²) in [5.74, 6) is -1.78. The van der Waals surface area contributed by atoms with Gasteiger partial charge in [-0.1, -0.05) is 6.92 Å². The van der Waals surface area contributed by atoms with E-state index in [2.05, 4.69) is 5.32 Å². The Kier molecular flexibility index (Phi) is 5.21. The summed E-state index contributed by atoms with van der Waals surface area (Å²) in [6, 6.07) is 2.84. The molecule has 102 valence electrons. The second-order valence-corrected chi connectivity index (χ2v) is 4.86. The third-order valence-electron chi connectivity index (χ3n) is 2.42. The zero-order valence-corrected chi connectivity index (χ0v) is 12.1. The number of halogens is 1. The number of rotatable bonds is 5.